The van der Waals surface area contributed by atoms with Crippen LogP contribution in [0.15, 0.2) is 30.6 Å². The van der Waals surface area contributed by atoms with Crippen LogP contribution in [-0.4, -0.2) is 0 Å². The van der Waals surface area contributed by atoms with Gasteiger partial charge in [-0.05, 0) is 0 Å². The van der Waals surface area contributed by atoms with Gasteiger partial charge in [-0.15, -0.1) is 0 Å². The molecule has 0 unspecified atom stereocenters. The summed E-state index contributed by atoms with van der Waals surface area (Å²) in [4.78, 5) is 0. The number of aromatic nitrogens is 1. The molecular weight excluding hydrogens is 188 g/mol. The molecular formula is C5H5NOSZn. The van der Waals surface area contributed by atoms with Gasteiger partial charge < -0.3 is 5.21 Å². The van der Waals surface area contributed by atoms with E-state index in [-0.39, 0.29) is 0 Å². The Morgan fingerprint density at radius 1 is 1.11 bits per heavy atom. The third-order valence-electron chi connectivity index (χ3n) is 0.688. The number of pyridine rings is 1. The zero-order valence-corrected chi connectivity index (χ0v) is 8.64. The second-order valence-electron chi connectivity index (χ2n) is 1.24. The summed E-state index contributed by atoms with van der Waals surface area (Å²) in [7, 11) is 4.21. The Morgan fingerprint density at radius 2 is 1.56 bits per heavy atom. The van der Waals surface area contributed by atoms with E-state index < -0.39 is 0 Å². The van der Waals surface area contributed by atoms with Crippen molar-refractivity contribution >= 4 is 10.1 Å². The maximum absolute atomic E-state index is 10.2. The molecule has 44 valence electrons. The van der Waals surface area contributed by atoms with E-state index in [1.165, 1.54) is 12.4 Å². The molecule has 9 heavy (non-hydrogen) atoms. The van der Waals surface area contributed by atoms with Crippen LogP contribution in [0.5, 0.6) is 0 Å². The predicted molar refractivity (Wildman–Crippen MR) is 33.0 cm³/mol. The Labute approximate surface area is 67.4 Å². The van der Waals surface area contributed by atoms with Gasteiger partial charge in [-0.3, -0.25) is 0 Å². The third-order valence-corrected chi connectivity index (χ3v) is 0.688. The van der Waals surface area contributed by atoms with Crippen LogP contribution in [0.2, 0.25) is 0 Å². The summed E-state index contributed by atoms with van der Waals surface area (Å²) in [5.41, 5.74) is 0. The molecule has 0 saturated heterocycles. The summed E-state index contributed by atoms with van der Waals surface area (Å²) in [5.74, 6) is 0. The summed E-state index contributed by atoms with van der Waals surface area (Å²) in [6.45, 7) is 0. The predicted octanol–water partition coefficient (Wildman–Crippen LogP) is 0.966. The van der Waals surface area contributed by atoms with E-state index in [2.05, 4.69) is 10.1 Å². The summed E-state index contributed by atoms with van der Waals surface area (Å²) in [6, 6.07) is 5.18. The summed E-state index contributed by atoms with van der Waals surface area (Å²) < 4.78 is 0.750. The van der Waals surface area contributed by atoms with Crippen LogP contribution in [0.1, 0.15) is 0 Å². The molecule has 1 aromatic rings. The second kappa shape index (κ2) is 5.92. The molecule has 0 N–H and O–H groups in total. The fourth-order valence-corrected chi connectivity index (χ4v) is 0.383. The molecule has 2 nitrogen and oxygen atoms in total. The molecule has 1 heterocycles. The van der Waals surface area contributed by atoms with Crippen molar-refractivity contribution in [3.05, 3.63) is 35.8 Å². The summed E-state index contributed by atoms with van der Waals surface area (Å²) in [6.07, 6.45) is 2.89. The first-order chi connectivity index (χ1) is 4.39. The quantitative estimate of drug-likeness (QED) is 0.348. The fourth-order valence-electron chi connectivity index (χ4n) is 0.383. The Hall–Kier alpha value is -0.207. The Kier molecular flexibility index (Phi) is 5.79. The van der Waals surface area contributed by atoms with Gasteiger partial charge >= 0.3 is 26.7 Å². The number of hydrogen-bond donors (Lipinski definition) is 0. The van der Waals surface area contributed by atoms with Crippen LogP contribution >= 0.6 is 10.1 Å². The Balaban J connectivity index is 0.000000291. The first-order valence-electron chi connectivity index (χ1n) is 2.32. The minimum absolute atomic E-state index is 0.750. The molecule has 4 heteroatoms. The first kappa shape index (κ1) is 8.79. The standard InChI is InChI=1S/C5H5NO.S.Zn/c7-6-4-2-1-3-5-6;;/h1-5H;;. The maximum atomic E-state index is 10.2. The molecule has 1 rings (SSSR count). The van der Waals surface area contributed by atoms with E-state index in [1.54, 1.807) is 18.2 Å². The van der Waals surface area contributed by atoms with Crippen LogP contribution in [0.4, 0.5) is 0 Å². The van der Waals surface area contributed by atoms with E-state index in [0.717, 1.165) is 21.3 Å². The van der Waals surface area contributed by atoms with E-state index in [4.69, 9.17) is 0 Å². The average Bonchev–Trinajstić information content (AvgIpc) is 1.94. The average molecular weight is 193 g/mol. The molecule has 0 aliphatic rings. The summed E-state index contributed by atoms with van der Waals surface area (Å²) >= 11 is 0.958. The van der Waals surface area contributed by atoms with E-state index in [1.807, 2.05) is 0 Å². The summed E-state index contributed by atoms with van der Waals surface area (Å²) in [5, 5.41) is 10.2. The minimum atomic E-state index is 0.750. The normalized spacial score (nSPS) is 7.33. The molecule has 0 fully saturated rings. The van der Waals surface area contributed by atoms with Gasteiger partial charge in [-0.25, -0.2) is 0 Å². The fraction of sp³-hybridized carbons (Fsp3) is 0. The van der Waals surface area contributed by atoms with Gasteiger partial charge in [0.05, 0.1) is 0 Å². The molecule has 1 aromatic heterocycles. The van der Waals surface area contributed by atoms with Crippen LogP contribution in [0.3, 0.4) is 0 Å². The third kappa shape index (κ3) is 4.31. The SMILES string of the molecule is [O-][n+]1ccccc1.[S]=[Zn]. The van der Waals surface area contributed by atoms with Gasteiger partial charge in [0.15, 0.2) is 12.4 Å². The van der Waals surface area contributed by atoms with Gasteiger partial charge in [-0.2, -0.15) is 4.73 Å². The monoisotopic (exact) mass is 191 g/mol. The van der Waals surface area contributed by atoms with Crippen molar-refractivity contribution in [1.29, 1.82) is 0 Å². The van der Waals surface area contributed by atoms with E-state index in [0.29, 0.717) is 0 Å². The van der Waals surface area contributed by atoms with Crippen molar-refractivity contribution in [2.45, 2.75) is 0 Å². The van der Waals surface area contributed by atoms with Crippen molar-refractivity contribution in [3.8, 4) is 0 Å². The Morgan fingerprint density at radius 3 is 1.78 bits per heavy atom. The molecule has 0 amide bonds. The van der Waals surface area contributed by atoms with Crippen LogP contribution < -0.4 is 4.73 Å². The van der Waals surface area contributed by atoms with Crippen LogP contribution in [0.25, 0.3) is 0 Å². The van der Waals surface area contributed by atoms with Crippen molar-refractivity contribution in [2.24, 2.45) is 0 Å². The van der Waals surface area contributed by atoms with E-state index >= 15 is 0 Å². The topological polar surface area (TPSA) is 26.9 Å². The number of hydrogen-bond acceptors (Lipinski definition) is 2. The van der Waals surface area contributed by atoms with Gasteiger partial charge in [0.25, 0.3) is 0 Å². The van der Waals surface area contributed by atoms with Crippen molar-refractivity contribution in [2.75, 3.05) is 0 Å². The van der Waals surface area contributed by atoms with Gasteiger partial charge in [0.1, 0.15) is 0 Å². The zero-order chi connectivity index (χ0) is 7.11. The molecule has 0 aromatic carbocycles. The van der Waals surface area contributed by atoms with Crippen molar-refractivity contribution in [3.63, 3.8) is 0 Å². The molecule has 0 aliphatic heterocycles. The molecule has 0 atom stereocenters. The van der Waals surface area contributed by atoms with Gasteiger partial charge in [-0.1, -0.05) is 6.07 Å². The van der Waals surface area contributed by atoms with Gasteiger partial charge in [0.2, 0.25) is 0 Å². The Bertz CT molecular complexity index is 158. The van der Waals surface area contributed by atoms with E-state index in [9.17, 15) is 5.21 Å². The zero-order valence-electron chi connectivity index (χ0n) is 4.86. The van der Waals surface area contributed by atoms with Gasteiger partial charge in [0, 0.05) is 12.1 Å². The second-order valence-corrected chi connectivity index (χ2v) is 1.24. The van der Waals surface area contributed by atoms with Crippen LogP contribution in [0, 0.1) is 5.21 Å². The molecule has 0 saturated carbocycles. The molecule has 0 bridgehead atoms. The molecule has 0 spiro atoms. The van der Waals surface area contributed by atoms with Crippen molar-refractivity contribution in [1.82, 2.24) is 0 Å². The first-order valence-corrected chi connectivity index (χ1v) is 6.53. The molecule has 0 radical (unpaired) electrons. The number of nitrogens with zero attached hydrogens (tertiary/aromatic N) is 1. The molecule has 0 aliphatic carbocycles. The van der Waals surface area contributed by atoms with Crippen LogP contribution in [-0.2, 0) is 16.6 Å². The van der Waals surface area contributed by atoms with Crippen molar-refractivity contribution < 1.29 is 21.3 Å². The number of rotatable bonds is 0.